The number of rotatable bonds is 0. The Labute approximate surface area is 60.5 Å². The smallest absolute Gasteiger partial charge is 0.158 e. The summed E-state index contributed by atoms with van der Waals surface area (Å²) in [6, 6.07) is 0. The highest BCUT2D eigenvalue weighted by atomic mass is 16.6. The van der Waals surface area contributed by atoms with Crippen LogP contribution in [0.2, 0.25) is 0 Å². The van der Waals surface area contributed by atoms with Gasteiger partial charge >= 0.3 is 0 Å². The summed E-state index contributed by atoms with van der Waals surface area (Å²) >= 11 is 0. The second-order valence-electron chi connectivity index (χ2n) is 3.09. The van der Waals surface area contributed by atoms with Crippen molar-refractivity contribution in [3.8, 4) is 0 Å². The van der Waals surface area contributed by atoms with Crippen molar-refractivity contribution in [1.29, 1.82) is 0 Å². The Hall–Kier alpha value is -0.340. The Kier molecular flexibility index (Phi) is 1.51. The normalized spacial score (nSPS) is 45.5. The fraction of sp³-hybridized carbons (Fsp3) is 0.750. The second-order valence-corrected chi connectivity index (χ2v) is 3.09. The highest BCUT2D eigenvalue weighted by molar-refractivity contribution is 4.97. The molecule has 1 N–H and O–H groups in total. The van der Waals surface area contributed by atoms with Crippen molar-refractivity contribution in [2.75, 3.05) is 6.61 Å². The molecule has 56 valence electrons. The topological polar surface area (TPSA) is 29.5 Å². The molecule has 1 heterocycles. The van der Waals surface area contributed by atoms with Gasteiger partial charge in [-0.05, 0) is 18.8 Å². The fourth-order valence-corrected chi connectivity index (χ4v) is 1.78. The summed E-state index contributed by atoms with van der Waals surface area (Å²) in [6.07, 6.45) is 5.91. The Morgan fingerprint density at radius 2 is 2.10 bits per heavy atom. The molecule has 0 spiro atoms. The summed E-state index contributed by atoms with van der Waals surface area (Å²) in [6.45, 7) is 0.746. The molecule has 0 bridgehead atoms. The molecule has 2 aliphatic rings. The molecule has 2 rings (SSSR count). The molecule has 10 heavy (non-hydrogen) atoms. The van der Waals surface area contributed by atoms with Crippen LogP contribution in [-0.2, 0) is 4.74 Å². The van der Waals surface area contributed by atoms with Crippen molar-refractivity contribution < 1.29 is 9.84 Å². The van der Waals surface area contributed by atoms with Crippen molar-refractivity contribution in [3.63, 3.8) is 0 Å². The van der Waals surface area contributed by atoms with E-state index in [-0.39, 0.29) is 0 Å². The van der Waals surface area contributed by atoms with Gasteiger partial charge < -0.3 is 9.84 Å². The van der Waals surface area contributed by atoms with E-state index < -0.39 is 6.29 Å². The van der Waals surface area contributed by atoms with E-state index in [0.717, 1.165) is 19.4 Å². The molecule has 0 saturated carbocycles. The molecular formula is C8H12O2. The van der Waals surface area contributed by atoms with Gasteiger partial charge in [-0.15, -0.1) is 0 Å². The van der Waals surface area contributed by atoms with Crippen LogP contribution in [0.4, 0.5) is 0 Å². The molecule has 2 nitrogen and oxygen atoms in total. The van der Waals surface area contributed by atoms with Crippen LogP contribution >= 0.6 is 0 Å². The van der Waals surface area contributed by atoms with Crippen LogP contribution in [0.15, 0.2) is 12.2 Å². The third kappa shape index (κ3) is 0.879. The quantitative estimate of drug-likeness (QED) is 0.507. The first kappa shape index (κ1) is 6.38. The summed E-state index contributed by atoms with van der Waals surface area (Å²) in [5.41, 5.74) is 0. The van der Waals surface area contributed by atoms with Crippen LogP contribution in [0.5, 0.6) is 0 Å². The van der Waals surface area contributed by atoms with Gasteiger partial charge in [-0.3, -0.25) is 0 Å². The summed E-state index contributed by atoms with van der Waals surface area (Å²) in [7, 11) is 0. The standard InChI is InChI=1S/C8H12O2/c9-8-7-4-2-1-3-6(7)5-10-8/h1-2,6-9H,3-5H2/t6-,7-,8?/m1/s1. The van der Waals surface area contributed by atoms with E-state index in [0.29, 0.717) is 11.8 Å². The lowest BCUT2D eigenvalue weighted by atomic mass is 9.85. The Morgan fingerprint density at radius 1 is 1.30 bits per heavy atom. The van der Waals surface area contributed by atoms with Crippen molar-refractivity contribution in [2.45, 2.75) is 19.1 Å². The maximum atomic E-state index is 9.27. The lowest BCUT2D eigenvalue weighted by molar-refractivity contribution is -0.0816. The molecule has 1 unspecified atom stereocenters. The molecule has 0 radical (unpaired) electrons. The Bertz CT molecular complexity index is 153. The average Bonchev–Trinajstić information content (AvgIpc) is 2.34. The molecular weight excluding hydrogens is 128 g/mol. The van der Waals surface area contributed by atoms with Crippen LogP contribution in [-0.4, -0.2) is 18.0 Å². The summed E-state index contributed by atoms with van der Waals surface area (Å²) in [5.74, 6) is 0.963. The molecule has 0 amide bonds. The van der Waals surface area contributed by atoms with Crippen LogP contribution in [0.1, 0.15) is 12.8 Å². The molecule has 3 atom stereocenters. The zero-order valence-corrected chi connectivity index (χ0v) is 5.86. The van der Waals surface area contributed by atoms with Gasteiger partial charge in [0.1, 0.15) is 0 Å². The summed E-state index contributed by atoms with van der Waals surface area (Å²) in [4.78, 5) is 0. The maximum Gasteiger partial charge on any atom is 0.158 e. The maximum absolute atomic E-state index is 9.27. The van der Waals surface area contributed by atoms with Crippen LogP contribution < -0.4 is 0 Å². The SMILES string of the molecule is OC1OC[C@H]2CC=CC[C@@H]12. The predicted molar refractivity (Wildman–Crippen MR) is 37.3 cm³/mol. The van der Waals surface area contributed by atoms with Crippen LogP contribution in [0.25, 0.3) is 0 Å². The lowest BCUT2D eigenvalue weighted by Gasteiger charge is -2.19. The molecule has 1 fully saturated rings. The Morgan fingerprint density at radius 3 is 2.90 bits per heavy atom. The minimum absolute atomic E-state index is 0.380. The molecule has 2 heteroatoms. The molecule has 0 aromatic heterocycles. The van der Waals surface area contributed by atoms with Crippen molar-refractivity contribution in [1.82, 2.24) is 0 Å². The van der Waals surface area contributed by atoms with E-state index >= 15 is 0 Å². The first-order chi connectivity index (χ1) is 4.88. The van der Waals surface area contributed by atoms with Gasteiger partial charge in [-0.1, -0.05) is 12.2 Å². The number of allylic oxidation sites excluding steroid dienone is 2. The van der Waals surface area contributed by atoms with Crippen LogP contribution in [0.3, 0.4) is 0 Å². The van der Waals surface area contributed by atoms with E-state index in [1.807, 2.05) is 0 Å². The first-order valence-electron chi connectivity index (χ1n) is 3.82. The molecule has 0 aromatic carbocycles. The van der Waals surface area contributed by atoms with E-state index in [2.05, 4.69) is 12.2 Å². The van der Waals surface area contributed by atoms with E-state index in [1.54, 1.807) is 0 Å². The van der Waals surface area contributed by atoms with E-state index in [4.69, 9.17) is 4.74 Å². The molecule has 0 aromatic rings. The predicted octanol–water partition coefficient (Wildman–Crippen LogP) is 0.917. The summed E-state index contributed by atoms with van der Waals surface area (Å²) < 4.78 is 5.12. The number of aliphatic hydroxyl groups excluding tert-OH is 1. The fourth-order valence-electron chi connectivity index (χ4n) is 1.78. The van der Waals surface area contributed by atoms with Gasteiger partial charge in [-0.25, -0.2) is 0 Å². The van der Waals surface area contributed by atoms with Crippen LogP contribution in [0, 0.1) is 11.8 Å². The van der Waals surface area contributed by atoms with Gasteiger partial charge in [-0.2, -0.15) is 0 Å². The van der Waals surface area contributed by atoms with Gasteiger partial charge in [0.15, 0.2) is 6.29 Å². The van der Waals surface area contributed by atoms with Gasteiger partial charge in [0.2, 0.25) is 0 Å². The minimum Gasteiger partial charge on any atom is -0.368 e. The van der Waals surface area contributed by atoms with Gasteiger partial charge in [0.25, 0.3) is 0 Å². The van der Waals surface area contributed by atoms with E-state index in [9.17, 15) is 5.11 Å². The highest BCUT2D eigenvalue weighted by Crippen LogP contribution is 2.34. The third-order valence-corrected chi connectivity index (χ3v) is 2.47. The van der Waals surface area contributed by atoms with Crippen molar-refractivity contribution in [3.05, 3.63) is 12.2 Å². The highest BCUT2D eigenvalue weighted by Gasteiger charge is 2.35. The number of aliphatic hydroxyl groups is 1. The van der Waals surface area contributed by atoms with Crippen molar-refractivity contribution >= 4 is 0 Å². The van der Waals surface area contributed by atoms with E-state index in [1.165, 1.54) is 0 Å². The molecule has 1 saturated heterocycles. The monoisotopic (exact) mass is 140 g/mol. The second kappa shape index (κ2) is 2.36. The Balaban J connectivity index is 2.10. The number of hydrogen-bond donors (Lipinski definition) is 1. The zero-order chi connectivity index (χ0) is 6.97. The number of ether oxygens (including phenoxy) is 1. The minimum atomic E-state index is -0.491. The average molecular weight is 140 g/mol. The third-order valence-electron chi connectivity index (χ3n) is 2.47. The number of hydrogen-bond acceptors (Lipinski definition) is 2. The molecule has 1 aliphatic carbocycles. The van der Waals surface area contributed by atoms with Gasteiger partial charge in [0, 0.05) is 5.92 Å². The largest absolute Gasteiger partial charge is 0.368 e. The van der Waals surface area contributed by atoms with Crippen molar-refractivity contribution in [2.24, 2.45) is 11.8 Å². The zero-order valence-electron chi connectivity index (χ0n) is 5.86. The van der Waals surface area contributed by atoms with Gasteiger partial charge in [0.05, 0.1) is 6.61 Å². The first-order valence-corrected chi connectivity index (χ1v) is 3.82. The lowest BCUT2D eigenvalue weighted by Crippen LogP contribution is -2.20. The number of fused-ring (bicyclic) bond motifs is 1. The summed E-state index contributed by atoms with van der Waals surface area (Å²) in [5, 5.41) is 9.27. The molecule has 1 aliphatic heterocycles.